The van der Waals surface area contributed by atoms with Gasteiger partial charge in [0.05, 0.1) is 5.92 Å². The van der Waals surface area contributed by atoms with E-state index < -0.39 is 0 Å². The molecule has 7 nitrogen and oxygen atoms in total. The Balaban J connectivity index is 1.97. The van der Waals surface area contributed by atoms with Gasteiger partial charge in [-0.25, -0.2) is 4.98 Å². The van der Waals surface area contributed by atoms with Gasteiger partial charge in [0, 0.05) is 30.7 Å². The first-order valence-corrected chi connectivity index (χ1v) is 7.70. The second kappa shape index (κ2) is 6.64. The SMILES string of the molecule is CNC(=O)c1ccc2cnc(N(C#N)C(=O)C3CCNC3)cc2c1. The number of carbonyl (C=O) groups excluding carboxylic acids is 2. The zero-order valence-electron chi connectivity index (χ0n) is 13.2. The fraction of sp³-hybridized carbons (Fsp3) is 0.294. The smallest absolute Gasteiger partial charge is 0.251 e. The highest BCUT2D eigenvalue weighted by molar-refractivity contribution is 6.01. The quantitative estimate of drug-likeness (QED) is 0.649. The monoisotopic (exact) mass is 323 g/mol. The number of benzene rings is 1. The van der Waals surface area contributed by atoms with Crippen molar-refractivity contribution >= 4 is 28.4 Å². The maximum Gasteiger partial charge on any atom is 0.251 e. The summed E-state index contributed by atoms with van der Waals surface area (Å²) in [5.74, 6) is -0.382. The second-order valence-electron chi connectivity index (χ2n) is 5.65. The average Bonchev–Trinajstić information content (AvgIpc) is 3.15. The van der Waals surface area contributed by atoms with Crippen LogP contribution in [0.15, 0.2) is 30.5 Å². The molecule has 122 valence electrons. The number of fused-ring (bicyclic) bond motifs is 1. The van der Waals surface area contributed by atoms with Gasteiger partial charge in [-0.15, -0.1) is 0 Å². The van der Waals surface area contributed by atoms with Gasteiger partial charge >= 0.3 is 0 Å². The predicted octanol–water partition coefficient (Wildman–Crippen LogP) is 1.02. The summed E-state index contributed by atoms with van der Waals surface area (Å²) in [5.41, 5.74) is 0.511. The van der Waals surface area contributed by atoms with E-state index in [1.165, 1.54) is 0 Å². The van der Waals surface area contributed by atoms with Crippen LogP contribution in [0.1, 0.15) is 16.8 Å². The van der Waals surface area contributed by atoms with E-state index in [-0.39, 0.29) is 23.6 Å². The molecule has 2 aromatic rings. The van der Waals surface area contributed by atoms with Crippen LogP contribution >= 0.6 is 0 Å². The Morgan fingerprint density at radius 2 is 2.21 bits per heavy atom. The minimum atomic E-state index is -0.253. The van der Waals surface area contributed by atoms with Crippen LogP contribution in [-0.4, -0.2) is 36.9 Å². The summed E-state index contributed by atoms with van der Waals surface area (Å²) in [6.45, 7) is 1.35. The molecular weight excluding hydrogens is 306 g/mol. The molecule has 1 saturated heterocycles. The minimum Gasteiger partial charge on any atom is -0.355 e. The first-order valence-electron chi connectivity index (χ1n) is 7.70. The van der Waals surface area contributed by atoms with Crippen molar-refractivity contribution in [3.05, 3.63) is 36.0 Å². The molecule has 1 aromatic carbocycles. The number of nitriles is 1. The standard InChI is InChI=1S/C17H17N5O2/c1-19-16(23)11-2-3-12-9-21-15(7-14(12)6-11)22(10-18)17(24)13-4-5-20-8-13/h2-3,6-7,9,13,20H,4-5,8H2,1H3,(H,19,23). The third-order valence-corrected chi connectivity index (χ3v) is 4.16. The van der Waals surface area contributed by atoms with Crippen molar-refractivity contribution in [3.8, 4) is 6.19 Å². The lowest BCUT2D eigenvalue weighted by molar-refractivity contribution is -0.121. The number of nitrogens with zero attached hydrogens (tertiary/aromatic N) is 3. The van der Waals surface area contributed by atoms with Gasteiger partial charge in [0.15, 0.2) is 6.19 Å². The number of hydrogen-bond donors (Lipinski definition) is 2. The number of carbonyl (C=O) groups is 2. The molecule has 1 aliphatic rings. The highest BCUT2D eigenvalue weighted by Crippen LogP contribution is 2.23. The van der Waals surface area contributed by atoms with Gasteiger partial charge in [-0.3, -0.25) is 9.59 Å². The molecule has 2 N–H and O–H groups in total. The van der Waals surface area contributed by atoms with E-state index in [1.54, 1.807) is 37.5 Å². The molecule has 0 radical (unpaired) electrons. The number of anilines is 1. The fourth-order valence-corrected chi connectivity index (χ4v) is 2.80. The highest BCUT2D eigenvalue weighted by Gasteiger charge is 2.29. The van der Waals surface area contributed by atoms with Crippen LogP contribution in [0.25, 0.3) is 10.8 Å². The number of amides is 2. The molecule has 1 aromatic heterocycles. The van der Waals surface area contributed by atoms with Gasteiger partial charge in [0.25, 0.3) is 5.91 Å². The topological polar surface area (TPSA) is 98.1 Å². The molecule has 2 heterocycles. The predicted molar refractivity (Wildman–Crippen MR) is 89.2 cm³/mol. The van der Waals surface area contributed by atoms with E-state index in [0.717, 1.165) is 22.2 Å². The van der Waals surface area contributed by atoms with Gasteiger partial charge in [-0.2, -0.15) is 10.2 Å². The Labute approximate surface area is 139 Å². The van der Waals surface area contributed by atoms with Crippen LogP contribution in [0.3, 0.4) is 0 Å². The largest absolute Gasteiger partial charge is 0.355 e. The first-order chi connectivity index (χ1) is 11.6. The lowest BCUT2D eigenvalue weighted by Gasteiger charge is -2.17. The van der Waals surface area contributed by atoms with Crippen molar-refractivity contribution in [1.29, 1.82) is 5.26 Å². The van der Waals surface area contributed by atoms with E-state index in [9.17, 15) is 14.9 Å². The van der Waals surface area contributed by atoms with Gasteiger partial charge in [-0.05, 0) is 36.6 Å². The minimum absolute atomic E-state index is 0.194. The third kappa shape index (κ3) is 2.92. The molecular formula is C17H17N5O2. The van der Waals surface area contributed by atoms with Gasteiger partial charge in [0.1, 0.15) is 5.82 Å². The molecule has 7 heteroatoms. The molecule has 0 bridgehead atoms. The van der Waals surface area contributed by atoms with Gasteiger partial charge < -0.3 is 10.6 Å². The van der Waals surface area contributed by atoms with Crippen molar-refractivity contribution < 1.29 is 9.59 Å². The lowest BCUT2D eigenvalue weighted by atomic mass is 10.1. The average molecular weight is 323 g/mol. The maximum absolute atomic E-state index is 12.5. The van der Waals surface area contributed by atoms with E-state index in [4.69, 9.17) is 0 Å². The van der Waals surface area contributed by atoms with Crippen LogP contribution in [0.2, 0.25) is 0 Å². The molecule has 0 spiro atoms. The molecule has 1 atom stereocenters. The maximum atomic E-state index is 12.5. The van der Waals surface area contributed by atoms with E-state index >= 15 is 0 Å². The summed E-state index contributed by atoms with van der Waals surface area (Å²) in [6, 6.07) is 6.87. The fourth-order valence-electron chi connectivity index (χ4n) is 2.80. The first kappa shape index (κ1) is 15.9. The van der Waals surface area contributed by atoms with Crippen molar-refractivity contribution in [2.75, 3.05) is 25.0 Å². The summed E-state index contributed by atoms with van der Waals surface area (Å²) in [7, 11) is 1.57. The summed E-state index contributed by atoms with van der Waals surface area (Å²) in [6.07, 6.45) is 4.24. The second-order valence-corrected chi connectivity index (χ2v) is 5.65. The number of aromatic nitrogens is 1. The Kier molecular flexibility index (Phi) is 4.40. The van der Waals surface area contributed by atoms with Crippen LogP contribution in [0, 0.1) is 17.4 Å². The van der Waals surface area contributed by atoms with E-state index in [0.29, 0.717) is 18.5 Å². The van der Waals surface area contributed by atoms with E-state index in [2.05, 4.69) is 15.6 Å². The molecule has 24 heavy (non-hydrogen) atoms. The highest BCUT2D eigenvalue weighted by atomic mass is 16.2. The summed E-state index contributed by atoms with van der Waals surface area (Å²) >= 11 is 0. The summed E-state index contributed by atoms with van der Waals surface area (Å²) in [5, 5.41) is 16.7. The number of rotatable bonds is 3. The zero-order valence-corrected chi connectivity index (χ0v) is 13.2. The molecule has 1 unspecified atom stereocenters. The van der Waals surface area contributed by atoms with Crippen molar-refractivity contribution in [1.82, 2.24) is 15.6 Å². The molecule has 3 rings (SSSR count). The number of nitrogens with one attached hydrogen (secondary N) is 2. The molecule has 1 aliphatic heterocycles. The molecule has 2 amide bonds. The van der Waals surface area contributed by atoms with Crippen LogP contribution in [0.4, 0.5) is 5.82 Å². The van der Waals surface area contributed by atoms with Crippen LogP contribution in [-0.2, 0) is 4.79 Å². The number of pyridine rings is 1. The third-order valence-electron chi connectivity index (χ3n) is 4.16. The number of hydrogen-bond acceptors (Lipinski definition) is 5. The molecule has 0 saturated carbocycles. The van der Waals surface area contributed by atoms with E-state index in [1.807, 2.05) is 6.19 Å². The lowest BCUT2D eigenvalue weighted by Crippen LogP contribution is -2.34. The molecule has 1 fully saturated rings. The summed E-state index contributed by atoms with van der Waals surface area (Å²) < 4.78 is 0. The summed E-state index contributed by atoms with van der Waals surface area (Å²) in [4.78, 5) is 29.5. The van der Waals surface area contributed by atoms with Crippen molar-refractivity contribution in [3.63, 3.8) is 0 Å². The Bertz CT molecular complexity index is 836. The van der Waals surface area contributed by atoms with Gasteiger partial charge in [-0.1, -0.05) is 6.07 Å². The Morgan fingerprint density at radius 1 is 1.38 bits per heavy atom. The van der Waals surface area contributed by atoms with Crippen molar-refractivity contribution in [2.24, 2.45) is 5.92 Å². The van der Waals surface area contributed by atoms with Crippen molar-refractivity contribution in [2.45, 2.75) is 6.42 Å². The normalized spacial score (nSPS) is 16.6. The zero-order chi connectivity index (χ0) is 17.1. The molecule has 0 aliphatic carbocycles. The van der Waals surface area contributed by atoms with Crippen LogP contribution in [0.5, 0.6) is 0 Å². The Morgan fingerprint density at radius 3 is 2.88 bits per heavy atom. The van der Waals surface area contributed by atoms with Crippen LogP contribution < -0.4 is 15.5 Å². The Hall–Kier alpha value is -2.98. The van der Waals surface area contributed by atoms with Gasteiger partial charge in [0.2, 0.25) is 5.91 Å².